The molecule has 7 heteroatoms. The Morgan fingerprint density at radius 2 is 1.86 bits per heavy atom. The van der Waals surface area contributed by atoms with Gasteiger partial charge < -0.3 is 5.32 Å². The summed E-state index contributed by atoms with van der Waals surface area (Å²) in [6.45, 7) is 2.44. The summed E-state index contributed by atoms with van der Waals surface area (Å²) in [6, 6.07) is 7.01. The number of benzene rings is 1. The van der Waals surface area contributed by atoms with Crippen molar-refractivity contribution in [1.82, 2.24) is 5.32 Å². The summed E-state index contributed by atoms with van der Waals surface area (Å²) in [5.41, 5.74) is 0.424. The van der Waals surface area contributed by atoms with Crippen molar-refractivity contribution in [2.24, 2.45) is 0 Å². The minimum Gasteiger partial charge on any atom is -0.306 e. The molecule has 1 nitrogen and oxygen atoms in total. The van der Waals surface area contributed by atoms with Crippen molar-refractivity contribution in [2.75, 3.05) is 6.54 Å². The zero-order chi connectivity index (χ0) is 15.6. The summed E-state index contributed by atoms with van der Waals surface area (Å²) in [5.74, 6) is 0. The maximum atomic E-state index is 13.2. The molecule has 0 bridgehead atoms. The summed E-state index contributed by atoms with van der Waals surface area (Å²) >= 11 is 8.24. The topological polar surface area (TPSA) is 12.0 Å². The van der Waals surface area contributed by atoms with Crippen LogP contribution in [0.2, 0.25) is 0 Å². The Morgan fingerprint density at radius 1 is 1.19 bits per heavy atom. The third kappa shape index (κ3) is 3.88. The molecule has 0 aliphatic heterocycles. The third-order valence-electron chi connectivity index (χ3n) is 2.98. The average molecular weight is 443 g/mol. The first-order chi connectivity index (χ1) is 9.84. The van der Waals surface area contributed by atoms with E-state index in [1.807, 2.05) is 13.0 Å². The van der Waals surface area contributed by atoms with Crippen LogP contribution in [0.25, 0.3) is 0 Å². The van der Waals surface area contributed by atoms with Gasteiger partial charge in [-0.25, -0.2) is 0 Å². The molecule has 0 radical (unpaired) electrons. The number of alkyl halides is 3. The van der Waals surface area contributed by atoms with Crippen molar-refractivity contribution in [1.29, 1.82) is 0 Å². The van der Waals surface area contributed by atoms with Gasteiger partial charge in [-0.05, 0) is 61.7 Å². The highest BCUT2D eigenvalue weighted by molar-refractivity contribution is 9.12. The van der Waals surface area contributed by atoms with Gasteiger partial charge in [0.05, 0.1) is 19.2 Å². The molecular weight excluding hydrogens is 431 g/mol. The van der Waals surface area contributed by atoms with E-state index in [2.05, 4.69) is 37.2 Å². The first-order valence-corrected chi connectivity index (χ1v) is 8.59. The van der Waals surface area contributed by atoms with Crippen molar-refractivity contribution in [3.63, 3.8) is 0 Å². The number of nitrogens with one attached hydrogen (secondary N) is 1. The van der Waals surface area contributed by atoms with Crippen molar-refractivity contribution in [2.45, 2.75) is 19.1 Å². The summed E-state index contributed by atoms with van der Waals surface area (Å²) in [7, 11) is 0. The summed E-state index contributed by atoms with van der Waals surface area (Å²) < 4.78 is 41.4. The molecule has 2 rings (SSSR count). The maximum Gasteiger partial charge on any atom is 0.416 e. The Labute approximate surface area is 141 Å². The molecule has 1 aromatic heterocycles. The lowest BCUT2D eigenvalue weighted by Crippen LogP contribution is -2.24. The largest absolute Gasteiger partial charge is 0.416 e. The van der Waals surface area contributed by atoms with Crippen LogP contribution in [0.4, 0.5) is 13.2 Å². The fourth-order valence-electron chi connectivity index (χ4n) is 2.15. The summed E-state index contributed by atoms with van der Waals surface area (Å²) in [5, 5.41) is 3.14. The van der Waals surface area contributed by atoms with Gasteiger partial charge in [-0.2, -0.15) is 13.2 Å². The van der Waals surface area contributed by atoms with Gasteiger partial charge in [0, 0.05) is 0 Å². The monoisotopic (exact) mass is 441 g/mol. The summed E-state index contributed by atoms with van der Waals surface area (Å²) in [6.07, 6.45) is -4.37. The average Bonchev–Trinajstić information content (AvgIpc) is 2.74. The number of halogens is 5. The SMILES string of the molecule is CCNC(c1ccccc1C(F)(F)F)c1cc(Br)sc1Br. The van der Waals surface area contributed by atoms with E-state index in [0.29, 0.717) is 6.54 Å². The first-order valence-electron chi connectivity index (χ1n) is 6.18. The van der Waals surface area contributed by atoms with Crippen LogP contribution in [0.15, 0.2) is 37.9 Å². The fraction of sp³-hybridized carbons (Fsp3) is 0.286. The van der Waals surface area contributed by atoms with Crippen molar-refractivity contribution < 1.29 is 13.2 Å². The molecule has 0 saturated carbocycles. The Morgan fingerprint density at radius 3 is 2.38 bits per heavy atom. The molecule has 114 valence electrons. The molecule has 1 N–H and O–H groups in total. The van der Waals surface area contributed by atoms with Crippen LogP contribution < -0.4 is 5.32 Å². The highest BCUT2D eigenvalue weighted by Crippen LogP contribution is 2.41. The zero-order valence-corrected chi connectivity index (χ0v) is 15.0. The molecule has 2 aromatic rings. The second-order valence-electron chi connectivity index (χ2n) is 4.36. The van der Waals surface area contributed by atoms with E-state index in [-0.39, 0.29) is 5.56 Å². The van der Waals surface area contributed by atoms with E-state index in [1.54, 1.807) is 6.07 Å². The quantitative estimate of drug-likeness (QED) is 0.613. The molecule has 0 spiro atoms. The van der Waals surface area contributed by atoms with Gasteiger partial charge in [-0.15, -0.1) is 11.3 Å². The van der Waals surface area contributed by atoms with Crippen molar-refractivity contribution in [3.8, 4) is 0 Å². The van der Waals surface area contributed by atoms with Gasteiger partial charge in [-0.3, -0.25) is 0 Å². The lowest BCUT2D eigenvalue weighted by atomic mass is 9.95. The van der Waals surface area contributed by atoms with Crippen LogP contribution in [-0.4, -0.2) is 6.54 Å². The van der Waals surface area contributed by atoms with Gasteiger partial charge in [0.15, 0.2) is 0 Å². The van der Waals surface area contributed by atoms with E-state index in [1.165, 1.54) is 23.5 Å². The maximum absolute atomic E-state index is 13.2. The molecule has 0 saturated heterocycles. The third-order valence-corrected chi connectivity index (χ3v) is 5.37. The normalized spacial score (nSPS) is 13.4. The molecular formula is C14H12Br2F3NS. The fourth-order valence-corrected chi connectivity index (χ4v) is 5.05. The number of hydrogen-bond donors (Lipinski definition) is 1. The first kappa shape index (κ1) is 17.0. The molecule has 1 heterocycles. The van der Waals surface area contributed by atoms with Crippen LogP contribution in [-0.2, 0) is 6.18 Å². The van der Waals surface area contributed by atoms with Crippen LogP contribution >= 0.6 is 43.2 Å². The minimum atomic E-state index is -4.37. The lowest BCUT2D eigenvalue weighted by Gasteiger charge is -2.22. The van der Waals surface area contributed by atoms with Crippen molar-refractivity contribution >= 4 is 43.2 Å². The Balaban J connectivity index is 2.56. The van der Waals surface area contributed by atoms with E-state index in [9.17, 15) is 13.2 Å². The van der Waals surface area contributed by atoms with Gasteiger partial charge in [0.1, 0.15) is 0 Å². The second-order valence-corrected chi connectivity index (χ2v) is 8.10. The predicted molar refractivity (Wildman–Crippen MR) is 86.7 cm³/mol. The van der Waals surface area contributed by atoms with E-state index >= 15 is 0 Å². The molecule has 21 heavy (non-hydrogen) atoms. The second kappa shape index (κ2) is 6.81. The van der Waals surface area contributed by atoms with Crippen LogP contribution in [0, 0.1) is 0 Å². The zero-order valence-electron chi connectivity index (χ0n) is 11.0. The van der Waals surface area contributed by atoms with Gasteiger partial charge >= 0.3 is 6.18 Å². The standard InChI is InChI=1S/C14H12Br2F3NS/c1-2-20-12(9-7-11(15)21-13(9)16)8-5-3-4-6-10(8)14(17,18)19/h3-7,12,20H,2H2,1H3. The highest BCUT2D eigenvalue weighted by atomic mass is 79.9. The molecule has 0 aliphatic rings. The smallest absolute Gasteiger partial charge is 0.306 e. The van der Waals surface area contributed by atoms with E-state index in [4.69, 9.17) is 0 Å². The molecule has 0 fully saturated rings. The Hall–Kier alpha value is -0.370. The number of rotatable bonds is 4. The number of hydrogen-bond acceptors (Lipinski definition) is 2. The van der Waals surface area contributed by atoms with Gasteiger partial charge in [0.25, 0.3) is 0 Å². The molecule has 1 unspecified atom stereocenters. The summed E-state index contributed by atoms with van der Waals surface area (Å²) in [4.78, 5) is 0. The van der Waals surface area contributed by atoms with Gasteiger partial charge in [0.2, 0.25) is 0 Å². The minimum absolute atomic E-state index is 0.234. The predicted octanol–water partition coefficient (Wildman–Crippen LogP) is 5.99. The van der Waals surface area contributed by atoms with Crippen LogP contribution in [0.5, 0.6) is 0 Å². The molecule has 0 amide bonds. The highest BCUT2D eigenvalue weighted by Gasteiger charge is 2.35. The Bertz CT molecular complexity index is 625. The molecule has 1 atom stereocenters. The lowest BCUT2D eigenvalue weighted by molar-refractivity contribution is -0.138. The van der Waals surface area contributed by atoms with Crippen LogP contribution in [0.3, 0.4) is 0 Å². The number of thiophene rings is 1. The Kier molecular flexibility index (Phi) is 5.51. The van der Waals surface area contributed by atoms with Crippen LogP contribution in [0.1, 0.15) is 29.7 Å². The van der Waals surface area contributed by atoms with E-state index < -0.39 is 17.8 Å². The molecule has 0 aliphatic carbocycles. The van der Waals surface area contributed by atoms with E-state index in [0.717, 1.165) is 19.2 Å². The van der Waals surface area contributed by atoms with Gasteiger partial charge in [-0.1, -0.05) is 25.1 Å². The molecule has 1 aromatic carbocycles. The van der Waals surface area contributed by atoms with Crippen molar-refractivity contribution in [3.05, 3.63) is 54.6 Å².